The smallest absolute Gasteiger partial charge is 0.303 e. The number of halogens is 2. The largest absolute Gasteiger partial charge is 0.481 e. The zero-order valence-electron chi connectivity index (χ0n) is 16.8. The van der Waals surface area contributed by atoms with Crippen molar-refractivity contribution in [3.8, 4) is 0 Å². The molecular formula is C26H22BrClO3. The molecule has 0 amide bonds. The molecule has 158 valence electrons. The molecule has 0 spiro atoms. The van der Waals surface area contributed by atoms with Crippen molar-refractivity contribution in [1.29, 1.82) is 0 Å². The first-order valence-corrected chi connectivity index (χ1v) is 11.1. The van der Waals surface area contributed by atoms with Crippen molar-refractivity contribution < 1.29 is 14.7 Å². The first-order valence-electron chi connectivity index (χ1n) is 9.89. The van der Waals surface area contributed by atoms with Crippen LogP contribution in [0.1, 0.15) is 29.5 Å². The highest BCUT2D eigenvalue weighted by atomic mass is 79.9. The maximum absolute atomic E-state index is 13.7. The molecule has 0 aliphatic heterocycles. The van der Waals surface area contributed by atoms with Gasteiger partial charge in [0.2, 0.25) is 0 Å². The molecule has 0 saturated heterocycles. The van der Waals surface area contributed by atoms with Gasteiger partial charge in [0.25, 0.3) is 0 Å². The predicted octanol–water partition coefficient (Wildman–Crippen LogP) is 6.73. The quantitative estimate of drug-likeness (QED) is 0.333. The van der Waals surface area contributed by atoms with Crippen LogP contribution in [0.4, 0.5) is 0 Å². The van der Waals surface area contributed by atoms with Crippen molar-refractivity contribution in [2.45, 2.75) is 24.7 Å². The third-order valence-electron chi connectivity index (χ3n) is 5.31. The summed E-state index contributed by atoms with van der Waals surface area (Å²) >= 11 is 9.53. The fourth-order valence-electron chi connectivity index (χ4n) is 3.64. The Labute approximate surface area is 195 Å². The van der Waals surface area contributed by atoms with Gasteiger partial charge in [0.1, 0.15) is 0 Å². The lowest BCUT2D eigenvalue weighted by atomic mass is 9.69. The molecule has 0 bridgehead atoms. The van der Waals surface area contributed by atoms with E-state index in [0.29, 0.717) is 11.4 Å². The Hall–Kier alpha value is -2.69. The highest BCUT2D eigenvalue weighted by molar-refractivity contribution is 9.10. The number of hydrogen-bond donors (Lipinski definition) is 1. The van der Waals surface area contributed by atoms with Crippen LogP contribution >= 0.6 is 27.5 Å². The van der Waals surface area contributed by atoms with Gasteiger partial charge < -0.3 is 5.11 Å². The van der Waals surface area contributed by atoms with E-state index in [1.54, 1.807) is 24.3 Å². The van der Waals surface area contributed by atoms with Crippen LogP contribution in [0.3, 0.4) is 0 Å². The minimum absolute atomic E-state index is 0.111. The number of aliphatic carboxylic acids is 1. The van der Waals surface area contributed by atoms with Crippen molar-refractivity contribution in [3.05, 3.63) is 111 Å². The van der Waals surface area contributed by atoms with Crippen molar-refractivity contribution in [1.82, 2.24) is 0 Å². The number of carbonyl (C=O) groups is 2. The average molecular weight is 498 g/mol. The fourth-order valence-corrected chi connectivity index (χ4v) is 4.19. The normalized spacial score (nSPS) is 13.1. The number of carboxylic acid groups (broad SMARTS) is 1. The lowest BCUT2D eigenvalue weighted by Crippen LogP contribution is -2.38. The number of benzene rings is 3. The monoisotopic (exact) mass is 496 g/mol. The van der Waals surface area contributed by atoms with Crippen LogP contribution in [0.5, 0.6) is 0 Å². The second-order valence-electron chi connectivity index (χ2n) is 7.36. The summed E-state index contributed by atoms with van der Waals surface area (Å²) < 4.78 is 0.889. The van der Waals surface area contributed by atoms with E-state index in [1.807, 2.05) is 66.7 Å². The van der Waals surface area contributed by atoms with Crippen LogP contribution in [-0.2, 0) is 21.4 Å². The second kappa shape index (κ2) is 10.6. The van der Waals surface area contributed by atoms with Crippen molar-refractivity contribution in [3.63, 3.8) is 0 Å². The summed E-state index contributed by atoms with van der Waals surface area (Å²) in [6, 6.07) is 24.3. The average Bonchev–Trinajstić information content (AvgIpc) is 2.78. The Morgan fingerprint density at radius 1 is 0.935 bits per heavy atom. The maximum atomic E-state index is 13.7. The Kier molecular flexibility index (Phi) is 7.83. The molecule has 1 N–H and O–H groups in total. The molecule has 5 heteroatoms. The molecule has 0 heterocycles. The van der Waals surface area contributed by atoms with Gasteiger partial charge in [-0.3, -0.25) is 9.59 Å². The maximum Gasteiger partial charge on any atom is 0.303 e. The van der Waals surface area contributed by atoms with Crippen LogP contribution in [-0.4, -0.2) is 16.9 Å². The standard InChI is InChI=1S/C26H22BrClO3/c27-23-9-5-4-6-20(23)18-26(17-16-25(30)31,21-7-2-1-3-8-21)24(29)15-12-19-10-13-22(28)14-11-19/h1-15H,16-18H2,(H,30,31). The van der Waals surface area contributed by atoms with E-state index >= 15 is 0 Å². The van der Waals surface area contributed by atoms with Gasteiger partial charge in [-0.1, -0.05) is 94.3 Å². The van der Waals surface area contributed by atoms with E-state index in [-0.39, 0.29) is 18.6 Å². The van der Waals surface area contributed by atoms with Crippen LogP contribution in [0, 0.1) is 0 Å². The zero-order chi connectivity index (χ0) is 22.3. The first-order chi connectivity index (χ1) is 14.9. The molecule has 3 nitrogen and oxygen atoms in total. The van der Waals surface area contributed by atoms with Crippen LogP contribution < -0.4 is 0 Å². The first kappa shape index (κ1) is 23.0. The Balaban J connectivity index is 2.07. The molecule has 0 radical (unpaired) electrons. The molecule has 3 aromatic rings. The highest BCUT2D eigenvalue weighted by Gasteiger charge is 2.39. The summed E-state index contributed by atoms with van der Waals surface area (Å²) in [4.78, 5) is 25.2. The van der Waals surface area contributed by atoms with E-state index in [9.17, 15) is 14.7 Å². The summed E-state index contributed by atoms with van der Waals surface area (Å²) in [5, 5.41) is 10.0. The third-order valence-corrected chi connectivity index (χ3v) is 6.34. The van der Waals surface area contributed by atoms with Gasteiger partial charge in [-0.2, -0.15) is 0 Å². The number of carboxylic acids is 1. The Morgan fingerprint density at radius 2 is 1.58 bits per heavy atom. The second-order valence-corrected chi connectivity index (χ2v) is 8.65. The van der Waals surface area contributed by atoms with E-state index in [2.05, 4.69) is 15.9 Å². The van der Waals surface area contributed by atoms with Gasteiger partial charge in [-0.15, -0.1) is 0 Å². The van der Waals surface area contributed by atoms with Gasteiger partial charge in [0, 0.05) is 15.9 Å². The number of ketones is 1. The Morgan fingerprint density at radius 3 is 2.23 bits per heavy atom. The summed E-state index contributed by atoms with van der Waals surface area (Å²) in [6.45, 7) is 0. The summed E-state index contributed by atoms with van der Waals surface area (Å²) in [7, 11) is 0. The van der Waals surface area contributed by atoms with Gasteiger partial charge in [0.15, 0.2) is 5.78 Å². The number of hydrogen-bond acceptors (Lipinski definition) is 2. The van der Waals surface area contributed by atoms with Gasteiger partial charge in [0.05, 0.1) is 5.41 Å². The highest BCUT2D eigenvalue weighted by Crippen LogP contribution is 2.37. The van der Waals surface area contributed by atoms with Crippen molar-refractivity contribution >= 4 is 45.4 Å². The van der Waals surface area contributed by atoms with Crippen LogP contribution in [0.15, 0.2) is 89.4 Å². The zero-order valence-corrected chi connectivity index (χ0v) is 19.1. The topological polar surface area (TPSA) is 54.4 Å². The minimum atomic E-state index is -1.01. The number of carbonyl (C=O) groups excluding carboxylic acids is 1. The summed E-state index contributed by atoms with van der Waals surface area (Å²) in [6.07, 6.45) is 3.76. The van der Waals surface area contributed by atoms with Gasteiger partial charge in [-0.05, 0) is 53.8 Å². The molecule has 0 saturated carbocycles. The van der Waals surface area contributed by atoms with Gasteiger partial charge >= 0.3 is 5.97 Å². The number of allylic oxidation sites excluding steroid dienone is 1. The molecule has 3 rings (SSSR count). The van der Waals surface area contributed by atoms with E-state index in [0.717, 1.165) is 21.2 Å². The van der Waals surface area contributed by atoms with Crippen molar-refractivity contribution in [2.75, 3.05) is 0 Å². The SMILES string of the molecule is O=C(O)CCC(Cc1ccccc1Br)(C(=O)C=Cc1ccc(Cl)cc1)c1ccccc1. The molecule has 0 aromatic heterocycles. The Bertz CT molecular complexity index is 1080. The lowest BCUT2D eigenvalue weighted by Gasteiger charge is -2.32. The summed E-state index contributed by atoms with van der Waals surface area (Å²) in [5.41, 5.74) is 1.59. The molecular weight excluding hydrogens is 476 g/mol. The predicted molar refractivity (Wildman–Crippen MR) is 128 cm³/mol. The third kappa shape index (κ3) is 5.93. The minimum Gasteiger partial charge on any atom is -0.481 e. The molecule has 3 aromatic carbocycles. The van der Waals surface area contributed by atoms with E-state index in [1.165, 1.54) is 0 Å². The summed E-state index contributed by atoms with van der Waals surface area (Å²) in [5.74, 6) is -1.06. The van der Waals surface area contributed by atoms with Crippen LogP contribution in [0.25, 0.3) is 6.08 Å². The van der Waals surface area contributed by atoms with Gasteiger partial charge in [-0.25, -0.2) is 0 Å². The molecule has 0 aliphatic rings. The molecule has 0 fully saturated rings. The van der Waals surface area contributed by atoms with Crippen LogP contribution in [0.2, 0.25) is 5.02 Å². The van der Waals surface area contributed by atoms with Crippen molar-refractivity contribution in [2.24, 2.45) is 0 Å². The molecule has 1 atom stereocenters. The number of rotatable bonds is 9. The molecule has 0 aliphatic carbocycles. The molecule has 1 unspecified atom stereocenters. The molecule has 31 heavy (non-hydrogen) atoms. The lowest BCUT2D eigenvalue weighted by molar-refractivity contribution is -0.137. The fraction of sp³-hybridized carbons (Fsp3) is 0.154. The van der Waals surface area contributed by atoms with E-state index in [4.69, 9.17) is 11.6 Å². The van der Waals surface area contributed by atoms with E-state index < -0.39 is 11.4 Å².